The maximum absolute atomic E-state index is 11.7. The molecule has 1 heterocycles. The van der Waals surface area contributed by atoms with Gasteiger partial charge in [-0.1, -0.05) is 6.92 Å². The minimum Gasteiger partial charge on any atom is -0.448 e. The second-order valence-electron chi connectivity index (χ2n) is 4.07. The van der Waals surface area contributed by atoms with Gasteiger partial charge in [0, 0.05) is 6.04 Å². The van der Waals surface area contributed by atoms with E-state index < -0.39 is 12.1 Å². The molecule has 3 N–H and O–H groups in total. The third-order valence-electron chi connectivity index (χ3n) is 2.54. The number of carbonyl (C=O) groups excluding carboxylic acids is 2. The average molecular weight is 270 g/mol. The van der Waals surface area contributed by atoms with Gasteiger partial charge >= 0.3 is 5.97 Å². The number of nitrogen functional groups attached to an aromatic ring is 1. The Morgan fingerprint density at radius 2 is 2.17 bits per heavy atom. The van der Waals surface area contributed by atoms with Gasteiger partial charge in [0.05, 0.1) is 5.69 Å². The molecule has 18 heavy (non-hydrogen) atoms. The minimum atomic E-state index is -0.826. The number of thiophene rings is 1. The highest BCUT2D eigenvalue weighted by Gasteiger charge is 2.21. The van der Waals surface area contributed by atoms with Gasteiger partial charge in [-0.15, -0.1) is 11.3 Å². The van der Waals surface area contributed by atoms with Crippen LogP contribution in [-0.2, 0) is 9.53 Å². The van der Waals surface area contributed by atoms with Crippen LogP contribution in [0.3, 0.4) is 0 Å². The standard InChI is InChI=1S/C12H18N2O3S/c1-4-7(2)14-11(15)8(3)17-12(16)10-9(13)5-6-18-10/h5-8H,4,13H2,1-3H3,(H,14,15). The summed E-state index contributed by atoms with van der Waals surface area (Å²) in [5.74, 6) is -0.859. The van der Waals surface area contributed by atoms with Crippen molar-refractivity contribution in [1.82, 2.24) is 5.32 Å². The van der Waals surface area contributed by atoms with Crippen molar-refractivity contribution >= 4 is 28.9 Å². The quantitative estimate of drug-likeness (QED) is 0.799. The first kappa shape index (κ1) is 14.5. The zero-order valence-electron chi connectivity index (χ0n) is 10.7. The molecule has 0 aliphatic heterocycles. The topological polar surface area (TPSA) is 81.4 Å². The lowest BCUT2D eigenvalue weighted by Crippen LogP contribution is -2.40. The van der Waals surface area contributed by atoms with E-state index in [-0.39, 0.29) is 11.9 Å². The Bertz CT molecular complexity index is 431. The van der Waals surface area contributed by atoms with E-state index in [0.717, 1.165) is 6.42 Å². The van der Waals surface area contributed by atoms with Gasteiger partial charge in [0.25, 0.3) is 5.91 Å². The predicted octanol–water partition coefficient (Wildman–Crippen LogP) is 1.79. The van der Waals surface area contributed by atoms with Gasteiger partial charge in [-0.25, -0.2) is 4.79 Å². The van der Waals surface area contributed by atoms with Crippen LogP contribution in [0.1, 0.15) is 36.9 Å². The monoisotopic (exact) mass is 270 g/mol. The number of hydrogen-bond donors (Lipinski definition) is 2. The molecule has 0 saturated heterocycles. The largest absolute Gasteiger partial charge is 0.448 e. The summed E-state index contributed by atoms with van der Waals surface area (Å²) in [6, 6.07) is 1.69. The number of ether oxygens (including phenoxy) is 1. The summed E-state index contributed by atoms with van der Waals surface area (Å²) in [5.41, 5.74) is 5.98. The molecule has 5 nitrogen and oxygen atoms in total. The van der Waals surface area contributed by atoms with Crippen molar-refractivity contribution in [3.05, 3.63) is 16.3 Å². The van der Waals surface area contributed by atoms with E-state index in [1.165, 1.54) is 11.3 Å². The number of hydrogen-bond acceptors (Lipinski definition) is 5. The fourth-order valence-electron chi connectivity index (χ4n) is 1.21. The SMILES string of the molecule is CCC(C)NC(=O)C(C)OC(=O)c1sccc1N. The van der Waals surface area contributed by atoms with Crippen molar-refractivity contribution in [1.29, 1.82) is 0 Å². The van der Waals surface area contributed by atoms with Crippen LogP contribution in [0.4, 0.5) is 5.69 Å². The predicted molar refractivity (Wildman–Crippen MR) is 71.5 cm³/mol. The Hall–Kier alpha value is -1.56. The average Bonchev–Trinajstić information content (AvgIpc) is 2.75. The molecule has 1 aromatic heterocycles. The van der Waals surface area contributed by atoms with Crippen LogP contribution in [0.15, 0.2) is 11.4 Å². The van der Waals surface area contributed by atoms with Crippen molar-refractivity contribution in [3.63, 3.8) is 0 Å². The maximum Gasteiger partial charge on any atom is 0.351 e. The summed E-state index contributed by atoms with van der Waals surface area (Å²) in [4.78, 5) is 23.7. The molecule has 1 amide bonds. The van der Waals surface area contributed by atoms with Crippen molar-refractivity contribution in [2.24, 2.45) is 0 Å². The van der Waals surface area contributed by atoms with E-state index in [1.54, 1.807) is 18.4 Å². The highest BCUT2D eigenvalue weighted by atomic mass is 32.1. The molecule has 0 radical (unpaired) electrons. The molecule has 0 aromatic carbocycles. The van der Waals surface area contributed by atoms with Gasteiger partial charge in [0.1, 0.15) is 4.88 Å². The van der Waals surface area contributed by atoms with Crippen LogP contribution in [0.2, 0.25) is 0 Å². The fourth-order valence-corrected chi connectivity index (χ4v) is 1.91. The van der Waals surface area contributed by atoms with E-state index in [4.69, 9.17) is 10.5 Å². The van der Waals surface area contributed by atoms with Crippen LogP contribution in [0.25, 0.3) is 0 Å². The summed E-state index contributed by atoms with van der Waals surface area (Å²) in [6.45, 7) is 5.40. The lowest BCUT2D eigenvalue weighted by atomic mass is 10.2. The molecule has 100 valence electrons. The minimum absolute atomic E-state index is 0.0606. The Labute approximate surface area is 110 Å². The Morgan fingerprint density at radius 3 is 2.67 bits per heavy atom. The van der Waals surface area contributed by atoms with Gasteiger partial charge < -0.3 is 15.8 Å². The first-order chi connectivity index (χ1) is 8.45. The molecule has 2 unspecified atom stereocenters. The number of anilines is 1. The summed E-state index contributed by atoms with van der Waals surface area (Å²) in [6.07, 6.45) is -0.00224. The molecule has 0 saturated carbocycles. The first-order valence-corrected chi connectivity index (χ1v) is 6.68. The molecule has 0 fully saturated rings. The first-order valence-electron chi connectivity index (χ1n) is 5.80. The second-order valence-corrected chi connectivity index (χ2v) is 4.99. The Kier molecular flexibility index (Phi) is 5.15. The summed E-state index contributed by atoms with van der Waals surface area (Å²) in [5, 5.41) is 4.45. The van der Waals surface area contributed by atoms with Crippen LogP contribution >= 0.6 is 11.3 Å². The van der Waals surface area contributed by atoms with Gasteiger partial charge in [-0.05, 0) is 31.7 Å². The smallest absolute Gasteiger partial charge is 0.351 e. The van der Waals surface area contributed by atoms with E-state index in [0.29, 0.717) is 10.6 Å². The third kappa shape index (κ3) is 3.73. The van der Waals surface area contributed by atoms with Crippen LogP contribution < -0.4 is 11.1 Å². The summed E-state index contributed by atoms with van der Waals surface area (Å²) in [7, 11) is 0. The fraction of sp³-hybridized carbons (Fsp3) is 0.500. The van der Waals surface area contributed by atoms with E-state index in [2.05, 4.69) is 5.32 Å². The molecular formula is C12H18N2O3S. The van der Waals surface area contributed by atoms with Gasteiger partial charge in [-0.3, -0.25) is 4.79 Å². The van der Waals surface area contributed by atoms with Crippen molar-refractivity contribution < 1.29 is 14.3 Å². The Morgan fingerprint density at radius 1 is 1.50 bits per heavy atom. The molecule has 2 atom stereocenters. The number of esters is 1. The second kappa shape index (κ2) is 6.39. The number of rotatable bonds is 5. The van der Waals surface area contributed by atoms with Crippen LogP contribution in [0, 0.1) is 0 Å². The zero-order valence-corrected chi connectivity index (χ0v) is 11.5. The Balaban J connectivity index is 2.55. The lowest BCUT2D eigenvalue weighted by Gasteiger charge is -2.16. The van der Waals surface area contributed by atoms with Crippen molar-refractivity contribution in [3.8, 4) is 0 Å². The van der Waals surface area contributed by atoms with Crippen LogP contribution in [-0.4, -0.2) is 24.0 Å². The number of carbonyl (C=O) groups is 2. The third-order valence-corrected chi connectivity index (χ3v) is 3.45. The number of nitrogens with one attached hydrogen (secondary N) is 1. The molecular weight excluding hydrogens is 252 g/mol. The maximum atomic E-state index is 11.7. The zero-order chi connectivity index (χ0) is 13.7. The molecule has 0 aliphatic rings. The summed E-state index contributed by atoms with van der Waals surface area (Å²) < 4.78 is 5.06. The molecule has 6 heteroatoms. The summed E-state index contributed by atoms with van der Waals surface area (Å²) >= 11 is 1.20. The number of nitrogens with two attached hydrogens (primary N) is 1. The highest BCUT2D eigenvalue weighted by molar-refractivity contribution is 7.12. The normalized spacial score (nSPS) is 13.7. The molecule has 0 spiro atoms. The van der Waals surface area contributed by atoms with Crippen molar-refractivity contribution in [2.45, 2.75) is 39.3 Å². The van der Waals surface area contributed by atoms with Crippen LogP contribution in [0.5, 0.6) is 0 Å². The lowest BCUT2D eigenvalue weighted by molar-refractivity contribution is -0.129. The molecule has 0 bridgehead atoms. The molecule has 0 aliphatic carbocycles. The van der Waals surface area contributed by atoms with Crippen molar-refractivity contribution in [2.75, 3.05) is 5.73 Å². The van der Waals surface area contributed by atoms with Gasteiger partial charge in [-0.2, -0.15) is 0 Å². The van der Waals surface area contributed by atoms with Gasteiger partial charge in [0.15, 0.2) is 6.10 Å². The van der Waals surface area contributed by atoms with E-state index in [1.807, 2.05) is 13.8 Å². The molecule has 1 rings (SSSR count). The van der Waals surface area contributed by atoms with E-state index >= 15 is 0 Å². The molecule has 1 aromatic rings. The highest BCUT2D eigenvalue weighted by Crippen LogP contribution is 2.20. The number of amides is 1. The van der Waals surface area contributed by atoms with E-state index in [9.17, 15) is 9.59 Å². The van der Waals surface area contributed by atoms with Gasteiger partial charge in [0.2, 0.25) is 0 Å².